The molecule has 1 aromatic carbocycles. The number of amides is 2. The Balaban J connectivity index is 1.58. The smallest absolute Gasteiger partial charge is 0.276 e. The highest BCUT2D eigenvalue weighted by atomic mass is 32.2. The van der Waals surface area contributed by atoms with Gasteiger partial charge in [0.25, 0.3) is 5.91 Å². The molecule has 0 saturated carbocycles. The summed E-state index contributed by atoms with van der Waals surface area (Å²) in [5.41, 5.74) is 1.41. The van der Waals surface area contributed by atoms with E-state index in [4.69, 9.17) is 0 Å². The zero-order valence-corrected chi connectivity index (χ0v) is 16.6. The van der Waals surface area contributed by atoms with Gasteiger partial charge in [-0.05, 0) is 37.1 Å². The van der Waals surface area contributed by atoms with E-state index in [-0.39, 0.29) is 17.7 Å². The van der Waals surface area contributed by atoms with Crippen molar-refractivity contribution in [2.45, 2.75) is 12.8 Å². The molecule has 1 fully saturated rings. The molecule has 28 heavy (non-hydrogen) atoms. The second kappa shape index (κ2) is 8.11. The lowest BCUT2D eigenvalue weighted by Crippen LogP contribution is -2.40. The number of sulfonamides is 1. The Bertz CT molecular complexity index is 977. The minimum absolute atomic E-state index is 0.152. The van der Waals surface area contributed by atoms with Gasteiger partial charge in [-0.1, -0.05) is 6.07 Å². The molecule has 0 aliphatic carbocycles. The summed E-state index contributed by atoms with van der Waals surface area (Å²) in [5, 5.41) is 9.64. The Morgan fingerprint density at radius 3 is 2.32 bits per heavy atom. The summed E-state index contributed by atoms with van der Waals surface area (Å²) in [6, 6.07) is 8.48. The summed E-state index contributed by atoms with van der Waals surface area (Å²) < 4.78 is 26.1. The second-order valence-electron chi connectivity index (χ2n) is 6.84. The average molecular weight is 405 g/mol. The molecule has 10 heteroatoms. The van der Waals surface area contributed by atoms with Gasteiger partial charge in [0.2, 0.25) is 15.9 Å². The number of hydrogen-bond acceptors (Lipinski definition) is 5. The van der Waals surface area contributed by atoms with E-state index in [1.165, 1.54) is 10.6 Å². The Labute approximate surface area is 163 Å². The number of aromatic nitrogens is 2. The largest absolute Gasteiger partial charge is 0.326 e. The van der Waals surface area contributed by atoms with Crippen LogP contribution in [0.1, 0.15) is 23.3 Å². The van der Waals surface area contributed by atoms with Crippen LogP contribution in [-0.2, 0) is 21.9 Å². The van der Waals surface area contributed by atoms with Crippen molar-refractivity contribution in [2.24, 2.45) is 13.0 Å². The Kier molecular flexibility index (Phi) is 5.80. The van der Waals surface area contributed by atoms with E-state index >= 15 is 0 Å². The predicted octanol–water partition coefficient (Wildman–Crippen LogP) is 1.28. The molecule has 2 aromatic rings. The van der Waals surface area contributed by atoms with Crippen LogP contribution >= 0.6 is 0 Å². The van der Waals surface area contributed by atoms with E-state index in [0.717, 1.165) is 0 Å². The highest BCUT2D eigenvalue weighted by Gasteiger charge is 2.28. The Morgan fingerprint density at radius 2 is 1.75 bits per heavy atom. The summed E-state index contributed by atoms with van der Waals surface area (Å²) in [5.74, 6) is -0.733. The number of carbonyl (C=O) groups is 2. The van der Waals surface area contributed by atoms with E-state index in [1.807, 2.05) is 0 Å². The van der Waals surface area contributed by atoms with Gasteiger partial charge in [-0.3, -0.25) is 14.3 Å². The first-order valence-corrected chi connectivity index (χ1v) is 10.7. The molecule has 2 N–H and O–H groups in total. The van der Waals surface area contributed by atoms with Gasteiger partial charge in [0.1, 0.15) is 0 Å². The fraction of sp³-hybridized carbons (Fsp3) is 0.389. The third-order valence-corrected chi connectivity index (χ3v) is 5.93. The van der Waals surface area contributed by atoms with Gasteiger partial charge < -0.3 is 10.6 Å². The first-order valence-electron chi connectivity index (χ1n) is 8.89. The second-order valence-corrected chi connectivity index (χ2v) is 8.82. The number of nitrogens with zero attached hydrogens (tertiary/aromatic N) is 3. The first kappa shape index (κ1) is 20.0. The van der Waals surface area contributed by atoms with Gasteiger partial charge in [0.15, 0.2) is 5.69 Å². The molecule has 0 atom stereocenters. The quantitative estimate of drug-likeness (QED) is 0.778. The number of rotatable bonds is 5. The van der Waals surface area contributed by atoms with Crippen molar-refractivity contribution < 1.29 is 18.0 Å². The van der Waals surface area contributed by atoms with Crippen LogP contribution in [0, 0.1) is 5.92 Å². The summed E-state index contributed by atoms with van der Waals surface area (Å²) >= 11 is 0. The SMILES string of the molecule is Cn1ccc(C(=O)Nc2cccc(NC(=O)C3CCN(S(C)(=O)=O)CC3)c2)n1. The maximum absolute atomic E-state index is 12.5. The zero-order valence-electron chi connectivity index (χ0n) is 15.8. The van der Waals surface area contributed by atoms with Crippen LogP contribution in [0.25, 0.3) is 0 Å². The molecule has 150 valence electrons. The maximum Gasteiger partial charge on any atom is 0.276 e. The fourth-order valence-corrected chi connectivity index (χ4v) is 3.97. The topological polar surface area (TPSA) is 113 Å². The number of aryl methyl sites for hydroxylation is 1. The normalized spacial score (nSPS) is 15.9. The molecule has 2 amide bonds. The van der Waals surface area contributed by atoms with Crippen molar-refractivity contribution in [3.05, 3.63) is 42.2 Å². The molecule has 0 spiro atoms. The molecule has 1 aliphatic rings. The van der Waals surface area contributed by atoms with Crippen molar-refractivity contribution in [3.8, 4) is 0 Å². The number of nitrogens with one attached hydrogen (secondary N) is 2. The lowest BCUT2D eigenvalue weighted by atomic mass is 9.97. The third kappa shape index (κ3) is 4.96. The van der Waals surface area contributed by atoms with E-state index in [1.54, 1.807) is 48.3 Å². The van der Waals surface area contributed by atoms with Crippen LogP contribution in [0.5, 0.6) is 0 Å². The third-order valence-electron chi connectivity index (χ3n) is 4.63. The monoisotopic (exact) mass is 405 g/mol. The van der Waals surface area contributed by atoms with E-state index in [2.05, 4.69) is 15.7 Å². The van der Waals surface area contributed by atoms with Crippen LogP contribution in [0.4, 0.5) is 11.4 Å². The zero-order chi connectivity index (χ0) is 20.3. The van der Waals surface area contributed by atoms with Crippen LogP contribution in [0.3, 0.4) is 0 Å². The molecule has 1 aromatic heterocycles. The van der Waals surface area contributed by atoms with Crippen molar-refractivity contribution in [2.75, 3.05) is 30.0 Å². The van der Waals surface area contributed by atoms with Crippen LogP contribution in [0.2, 0.25) is 0 Å². The molecule has 1 saturated heterocycles. The fourth-order valence-electron chi connectivity index (χ4n) is 3.10. The lowest BCUT2D eigenvalue weighted by molar-refractivity contribution is -0.120. The number of benzene rings is 1. The van der Waals surface area contributed by atoms with Crippen LogP contribution in [-0.4, -0.2) is 53.7 Å². The van der Waals surface area contributed by atoms with Gasteiger partial charge in [-0.25, -0.2) is 12.7 Å². The standard InChI is InChI=1S/C18H23N5O4S/c1-22-9-8-16(21-22)18(25)20-15-5-3-4-14(12-15)19-17(24)13-6-10-23(11-7-13)28(2,26)27/h3-5,8-9,12-13H,6-7,10-11H2,1-2H3,(H,19,24)(H,20,25). The molecule has 2 heterocycles. The van der Waals surface area contributed by atoms with Crippen LogP contribution in [0.15, 0.2) is 36.5 Å². The average Bonchev–Trinajstić information content (AvgIpc) is 3.08. The highest BCUT2D eigenvalue weighted by Crippen LogP contribution is 2.22. The van der Waals surface area contributed by atoms with Crippen molar-refractivity contribution in [1.82, 2.24) is 14.1 Å². The van der Waals surface area contributed by atoms with Gasteiger partial charge >= 0.3 is 0 Å². The molecular formula is C18H23N5O4S. The molecule has 0 unspecified atom stereocenters. The summed E-state index contributed by atoms with van der Waals surface area (Å²) in [6.07, 6.45) is 3.82. The van der Waals surface area contributed by atoms with Gasteiger partial charge in [-0.15, -0.1) is 0 Å². The van der Waals surface area contributed by atoms with E-state index in [0.29, 0.717) is 43.0 Å². The first-order chi connectivity index (χ1) is 13.2. The Morgan fingerprint density at radius 1 is 1.11 bits per heavy atom. The van der Waals surface area contributed by atoms with Crippen molar-refractivity contribution in [1.29, 1.82) is 0 Å². The lowest BCUT2D eigenvalue weighted by Gasteiger charge is -2.29. The molecule has 3 rings (SSSR count). The van der Waals surface area contributed by atoms with Gasteiger partial charge in [0.05, 0.1) is 6.26 Å². The summed E-state index contributed by atoms with van der Waals surface area (Å²) in [4.78, 5) is 24.7. The van der Waals surface area contributed by atoms with Crippen molar-refractivity contribution >= 4 is 33.2 Å². The van der Waals surface area contributed by atoms with E-state index < -0.39 is 10.0 Å². The minimum Gasteiger partial charge on any atom is -0.326 e. The number of piperidine rings is 1. The number of carbonyl (C=O) groups excluding carboxylic acids is 2. The van der Waals surface area contributed by atoms with Gasteiger partial charge in [0, 0.05) is 43.6 Å². The molecule has 0 radical (unpaired) electrons. The maximum atomic E-state index is 12.5. The molecule has 1 aliphatic heterocycles. The summed E-state index contributed by atoms with van der Waals surface area (Å²) in [6.45, 7) is 0.689. The number of anilines is 2. The Hall–Kier alpha value is -2.72. The van der Waals surface area contributed by atoms with Crippen LogP contribution < -0.4 is 10.6 Å². The molecule has 0 bridgehead atoms. The molecule has 9 nitrogen and oxygen atoms in total. The highest BCUT2D eigenvalue weighted by molar-refractivity contribution is 7.88. The van der Waals surface area contributed by atoms with E-state index in [9.17, 15) is 18.0 Å². The summed E-state index contributed by atoms with van der Waals surface area (Å²) in [7, 11) is -1.49. The minimum atomic E-state index is -3.22. The predicted molar refractivity (Wildman–Crippen MR) is 105 cm³/mol. The van der Waals surface area contributed by atoms with Gasteiger partial charge in [-0.2, -0.15) is 5.10 Å². The van der Waals surface area contributed by atoms with Crippen molar-refractivity contribution in [3.63, 3.8) is 0 Å². The molecular weight excluding hydrogens is 382 g/mol. The number of hydrogen-bond donors (Lipinski definition) is 2.